The van der Waals surface area contributed by atoms with Crippen LogP contribution in [0.2, 0.25) is 0 Å². The predicted molar refractivity (Wildman–Crippen MR) is 147 cm³/mol. The average Bonchev–Trinajstić information content (AvgIpc) is 2.89. The van der Waals surface area contributed by atoms with Crippen LogP contribution in [0.3, 0.4) is 0 Å². The van der Waals surface area contributed by atoms with Crippen LogP contribution < -0.4 is 10.2 Å². The second kappa shape index (κ2) is 12.1. The summed E-state index contributed by atoms with van der Waals surface area (Å²) in [5.41, 5.74) is 5.86. The zero-order valence-electron chi connectivity index (χ0n) is 21.8. The molecule has 0 aliphatic carbocycles. The maximum atomic E-state index is 4.90. The van der Waals surface area contributed by atoms with Crippen molar-refractivity contribution in [1.29, 1.82) is 0 Å². The van der Waals surface area contributed by atoms with Gasteiger partial charge in [0.05, 0.1) is 0 Å². The predicted octanol–water partition coefficient (Wildman–Crippen LogP) is 4.84. The molecule has 0 radical (unpaired) electrons. The second-order valence-electron chi connectivity index (χ2n) is 9.58. The Morgan fingerprint density at radius 1 is 0.914 bits per heavy atom. The van der Waals surface area contributed by atoms with Crippen molar-refractivity contribution >= 4 is 11.5 Å². The van der Waals surface area contributed by atoms with Crippen molar-refractivity contribution in [3.63, 3.8) is 0 Å². The van der Waals surface area contributed by atoms with Crippen LogP contribution in [-0.2, 0) is 6.54 Å². The van der Waals surface area contributed by atoms with Gasteiger partial charge in [-0.15, -0.1) is 0 Å². The minimum atomic E-state index is 0.791. The molecule has 2 heterocycles. The fourth-order valence-electron chi connectivity index (χ4n) is 4.52. The third-order valence-electron chi connectivity index (χ3n) is 7.02. The summed E-state index contributed by atoms with van der Waals surface area (Å²) < 4.78 is 0. The highest BCUT2D eigenvalue weighted by Gasteiger charge is 2.15. The smallest absolute Gasteiger partial charge is 0.161 e. The lowest BCUT2D eigenvalue weighted by molar-refractivity contribution is 0.279. The number of aryl methyl sites for hydroxylation is 1. The third kappa shape index (κ3) is 6.80. The van der Waals surface area contributed by atoms with Crippen LogP contribution in [0.15, 0.2) is 54.6 Å². The van der Waals surface area contributed by atoms with E-state index < -0.39 is 0 Å². The van der Waals surface area contributed by atoms with Gasteiger partial charge < -0.3 is 15.1 Å². The molecule has 0 atom stereocenters. The van der Waals surface area contributed by atoms with Crippen LogP contribution >= 0.6 is 0 Å². The van der Waals surface area contributed by atoms with Crippen LogP contribution in [0.5, 0.6) is 0 Å². The van der Waals surface area contributed by atoms with Gasteiger partial charge in [-0.25, -0.2) is 9.97 Å². The van der Waals surface area contributed by atoms with Gasteiger partial charge in [0.15, 0.2) is 5.82 Å². The Morgan fingerprint density at radius 3 is 2.31 bits per heavy atom. The van der Waals surface area contributed by atoms with Gasteiger partial charge in [-0.05, 0) is 63.7 Å². The molecule has 6 nitrogen and oxygen atoms in total. The van der Waals surface area contributed by atoms with Gasteiger partial charge in [0.2, 0.25) is 0 Å². The molecule has 6 heteroatoms. The molecular formula is C29H40N6. The Hall–Kier alpha value is -2.96. The number of anilines is 2. The Bertz CT molecular complexity index is 1060. The molecule has 0 amide bonds. The molecule has 1 fully saturated rings. The van der Waals surface area contributed by atoms with Crippen molar-refractivity contribution in [3.05, 3.63) is 71.4 Å². The molecule has 2 aromatic carbocycles. The summed E-state index contributed by atoms with van der Waals surface area (Å²) in [6, 6.07) is 19.4. The summed E-state index contributed by atoms with van der Waals surface area (Å²) in [4.78, 5) is 17.0. The van der Waals surface area contributed by atoms with E-state index in [1.165, 1.54) is 11.3 Å². The summed E-state index contributed by atoms with van der Waals surface area (Å²) >= 11 is 0. The van der Waals surface area contributed by atoms with Crippen molar-refractivity contribution in [2.24, 2.45) is 0 Å². The zero-order chi connectivity index (χ0) is 24.6. The van der Waals surface area contributed by atoms with E-state index >= 15 is 0 Å². The fourth-order valence-corrected chi connectivity index (χ4v) is 4.52. The number of hydrogen-bond acceptors (Lipinski definition) is 6. The first-order valence-electron chi connectivity index (χ1n) is 12.9. The van der Waals surface area contributed by atoms with E-state index in [2.05, 4.69) is 102 Å². The van der Waals surface area contributed by atoms with Crippen molar-refractivity contribution < 1.29 is 0 Å². The molecule has 0 spiro atoms. The highest BCUT2D eigenvalue weighted by atomic mass is 15.2. The quantitative estimate of drug-likeness (QED) is 0.426. The maximum absolute atomic E-state index is 4.90. The highest BCUT2D eigenvalue weighted by molar-refractivity contribution is 5.63. The topological polar surface area (TPSA) is 47.5 Å². The Balaban J connectivity index is 1.35. The van der Waals surface area contributed by atoms with E-state index in [-0.39, 0.29) is 0 Å². The van der Waals surface area contributed by atoms with E-state index in [4.69, 9.17) is 9.97 Å². The van der Waals surface area contributed by atoms with Gasteiger partial charge in [0, 0.05) is 68.3 Å². The van der Waals surface area contributed by atoms with Crippen LogP contribution in [0, 0.1) is 13.8 Å². The molecule has 1 aliphatic heterocycles. The van der Waals surface area contributed by atoms with Crippen LogP contribution in [0.4, 0.5) is 11.5 Å². The molecule has 1 N–H and O–H groups in total. The normalized spacial score (nSPS) is 14.5. The average molecular weight is 473 g/mol. The summed E-state index contributed by atoms with van der Waals surface area (Å²) in [5.74, 6) is 1.74. The standard InChI is InChI=1S/C29H40N6/c1-5-34(22-25-10-7-6-8-11-25)17-9-16-30-28-23(2)24(3)31-29(32-28)26-12-14-27(15-13-26)35-20-18-33(4)19-21-35/h6-8,10-15H,5,9,16-22H2,1-4H3,(H,30,31,32). The molecule has 1 saturated heterocycles. The van der Waals surface area contributed by atoms with Crippen molar-refractivity contribution in [2.75, 3.05) is 63.1 Å². The molecule has 4 rings (SSSR count). The van der Waals surface area contributed by atoms with Gasteiger partial charge >= 0.3 is 0 Å². The van der Waals surface area contributed by atoms with E-state index in [1.54, 1.807) is 0 Å². The molecule has 0 bridgehead atoms. The van der Waals surface area contributed by atoms with Crippen LogP contribution in [-0.4, -0.2) is 72.6 Å². The second-order valence-corrected chi connectivity index (χ2v) is 9.58. The fraction of sp³-hybridized carbons (Fsp3) is 0.448. The van der Waals surface area contributed by atoms with E-state index in [1.807, 2.05) is 0 Å². The minimum Gasteiger partial charge on any atom is -0.370 e. The Morgan fingerprint density at radius 2 is 1.63 bits per heavy atom. The number of likely N-dealkylation sites (N-methyl/N-ethyl adjacent to an activating group) is 1. The molecule has 3 aromatic rings. The first kappa shape index (κ1) is 25.1. The van der Waals surface area contributed by atoms with Crippen molar-refractivity contribution in [1.82, 2.24) is 19.8 Å². The number of nitrogens with one attached hydrogen (secondary N) is 1. The zero-order valence-corrected chi connectivity index (χ0v) is 21.8. The largest absolute Gasteiger partial charge is 0.370 e. The van der Waals surface area contributed by atoms with Gasteiger partial charge in [-0.3, -0.25) is 4.90 Å². The first-order chi connectivity index (χ1) is 17.0. The lowest BCUT2D eigenvalue weighted by atomic mass is 10.1. The molecular weight excluding hydrogens is 432 g/mol. The van der Waals surface area contributed by atoms with E-state index in [9.17, 15) is 0 Å². The maximum Gasteiger partial charge on any atom is 0.161 e. The molecule has 186 valence electrons. The summed E-state index contributed by atoms with van der Waals surface area (Å²) in [5, 5.41) is 3.58. The summed E-state index contributed by atoms with van der Waals surface area (Å²) in [7, 11) is 2.19. The number of rotatable bonds is 10. The number of piperazine rings is 1. The number of hydrogen-bond donors (Lipinski definition) is 1. The van der Waals surface area contributed by atoms with Crippen molar-refractivity contribution in [3.8, 4) is 11.4 Å². The number of aromatic nitrogens is 2. The van der Waals surface area contributed by atoms with Gasteiger partial charge in [-0.2, -0.15) is 0 Å². The lowest BCUT2D eigenvalue weighted by Gasteiger charge is -2.34. The number of benzene rings is 2. The van der Waals surface area contributed by atoms with Crippen LogP contribution in [0.1, 0.15) is 30.2 Å². The van der Waals surface area contributed by atoms with Gasteiger partial charge in [-0.1, -0.05) is 37.3 Å². The van der Waals surface area contributed by atoms with E-state index in [0.29, 0.717) is 0 Å². The Labute approximate surface area is 211 Å². The molecule has 1 aromatic heterocycles. The monoisotopic (exact) mass is 472 g/mol. The van der Waals surface area contributed by atoms with Crippen molar-refractivity contribution in [2.45, 2.75) is 33.7 Å². The molecule has 0 saturated carbocycles. The summed E-state index contributed by atoms with van der Waals surface area (Å²) in [6.07, 6.45) is 1.07. The molecule has 35 heavy (non-hydrogen) atoms. The molecule has 0 unspecified atom stereocenters. The minimum absolute atomic E-state index is 0.791. The van der Waals surface area contributed by atoms with Gasteiger partial charge in [0.25, 0.3) is 0 Å². The third-order valence-corrected chi connectivity index (χ3v) is 7.02. The Kier molecular flexibility index (Phi) is 8.72. The molecule has 1 aliphatic rings. The van der Waals surface area contributed by atoms with E-state index in [0.717, 1.165) is 87.2 Å². The summed E-state index contributed by atoms with van der Waals surface area (Å²) in [6.45, 7) is 14.8. The first-order valence-corrected chi connectivity index (χ1v) is 12.9. The van der Waals surface area contributed by atoms with Gasteiger partial charge in [0.1, 0.15) is 5.82 Å². The SMILES string of the molecule is CCN(CCCNc1nc(-c2ccc(N3CCN(C)CC3)cc2)nc(C)c1C)Cc1ccccc1. The number of nitrogens with zero attached hydrogens (tertiary/aromatic N) is 5. The lowest BCUT2D eigenvalue weighted by Crippen LogP contribution is -2.44. The van der Waals surface area contributed by atoms with Crippen LogP contribution in [0.25, 0.3) is 11.4 Å². The highest BCUT2D eigenvalue weighted by Crippen LogP contribution is 2.25.